The fourth-order valence-electron chi connectivity index (χ4n) is 2.02. The molecule has 3 aromatic rings. The third-order valence-electron chi connectivity index (χ3n) is 3.12. The van der Waals surface area contributed by atoms with Crippen molar-refractivity contribution in [3.63, 3.8) is 0 Å². The average molecular weight is 288 g/mol. The van der Waals surface area contributed by atoms with E-state index in [9.17, 15) is 0 Å². The van der Waals surface area contributed by atoms with Crippen molar-refractivity contribution in [2.24, 2.45) is 0 Å². The van der Waals surface area contributed by atoms with Gasteiger partial charge in [0.25, 0.3) is 6.01 Å². The van der Waals surface area contributed by atoms with Crippen LogP contribution in [0.25, 0.3) is 11.1 Å². The Bertz CT molecular complexity index is 736. The predicted octanol–water partition coefficient (Wildman–Crippen LogP) is 4.24. The van der Waals surface area contributed by atoms with E-state index in [2.05, 4.69) is 10.3 Å². The maximum Gasteiger partial charge on any atom is 0.296 e. The number of benzene rings is 2. The van der Waals surface area contributed by atoms with E-state index >= 15 is 0 Å². The molecule has 1 atom stereocenters. The van der Waals surface area contributed by atoms with Crippen molar-refractivity contribution in [1.82, 2.24) is 4.98 Å². The minimum absolute atomic E-state index is 0.0673. The summed E-state index contributed by atoms with van der Waals surface area (Å²) < 4.78 is 5.64. The number of fused-ring (bicyclic) bond motifs is 1. The maximum atomic E-state index is 5.88. The maximum absolute atomic E-state index is 5.88. The number of nitrogens with one attached hydrogen (secondary N) is 1. The summed E-state index contributed by atoms with van der Waals surface area (Å²) in [5.74, 6) is 0. The lowest BCUT2D eigenvalue weighted by Crippen LogP contribution is -2.06. The largest absolute Gasteiger partial charge is 0.423 e. The number of nitrogens with two attached hydrogens (primary N) is 1. The molecule has 0 saturated carbocycles. The first-order valence-corrected chi connectivity index (χ1v) is 6.68. The molecular weight excluding hydrogens is 274 g/mol. The van der Waals surface area contributed by atoms with E-state index in [1.165, 1.54) is 0 Å². The van der Waals surface area contributed by atoms with Crippen LogP contribution in [0.4, 0.5) is 11.7 Å². The number of hydrogen-bond donors (Lipinski definition) is 2. The monoisotopic (exact) mass is 287 g/mol. The topological polar surface area (TPSA) is 64.1 Å². The van der Waals surface area contributed by atoms with Gasteiger partial charge in [-0.2, -0.15) is 4.98 Å². The Morgan fingerprint density at radius 1 is 1.20 bits per heavy atom. The fourth-order valence-corrected chi connectivity index (χ4v) is 2.15. The molecule has 0 amide bonds. The van der Waals surface area contributed by atoms with Crippen molar-refractivity contribution in [3.8, 4) is 0 Å². The van der Waals surface area contributed by atoms with Crippen molar-refractivity contribution >= 4 is 34.4 Å². The smallest absolute Gasteiger partial charge is 0.296 e. The summed E-state index contributed by atoms with van der Waals surface area (Å²) in [5, 5.41) is 3.95. The molecule has 0 radical (unpaired) electrons. The third-order valence-corrected chi connectivity index (χ3v) is 3.37. The molecule has 0 aliphatic carbocycles. The van der Waals surface area contributed by atoms with Gasteiger partial charge >= 0.3 is 0 Å². The number of aromatic nitrogens is 1. The normalized spacial score (nSPS) is 12.5. The van der Waals surface area contributed by atoms with Gasteiger partial charge in [0.15, 0.2) is 5.58 Å². The van der Waals surface area contributed by atoms with Gasteiger partial charge in [-0.25, -0.2) is 0 Å². The minimum atomic E-state index is 0.0673. The summed E-state index contributed by atoms with van der Waals surface area (Å²) in [5.41, 5.74) is 8.94. The average Bonchev–Trinajstić information content (AvgIpc) is 2.80. The van der Waals surface area contributed by atoms with Crippen LogP contribution >= 0.6 is 11.6 Å². The zero-order chi connectivity index (χ0) is 14.1. The van der Waals surface area contributed by atoms with Crippen LogP contribution in [0, 0.1) is 0 Å². The van der Waals surface area contributed by atoms with Crippen LogP contribution in [-0.2, 0) is 0 Å². The van der Waals surface area contributed by atoms with Gasteiger partial charge in [0.1, 0.15) is 5.52 Å². The molecule has 4 nitrogen and oxygen atoms in total. The molecule has 5 heteroatoms. The molecule has 0 aliphatic heterocycles. The van der Waals surface area contributed by atoms with Gasteiger partial charge in [-0.3, -0.25) is 0 Å². The van der Waals surface area contributed by atoms with E-state index in [1.54, 1.807) is 12.1 Å². The first-order valence-electron chi connectivity index (χ1n) is 6.30. The Hall–Kier alpha value is -2.20. The molecule has 1 unspecified atom stereocenters. The van der Waals surface area contributed by atoms with Crippen molar-refractivity contribution < 1.29 is 4.42 Å². The Labute approximate surface area is 121 Å². The summed E-state index contributed by atoms with van der Waals surface area (Å²) >= 11 is 5.88. The highest BCUT2D eigenvalue weighted by atomic mass is 35.5. The summed E-state index contributed by atoms with van der Waals surface area (Å²) in [6.45, 7) is 2.03. The molecule has 3 N–H and O–H groups in total. The van der Waals surface area contributed by atoms with E-state index in [0.29, 0.717) is 17.3 Å². The molecule has 3 rings (SSSR count). The highest BCUT2D eigenvalue weighted by Gasteiger charge is 2.10. The molecule has 0 bridgehead atoms. The Morgan fingerprint density at radius 3 is 2.70 bits per heavy atom. The second kappa shape index (κ2) is 5.06. The highest BCUT2D eigenvalue weighted by Crippen LogP contribution is 2.25. The van der Waals surface area contributed by atoms with Crippen LogP contribution in [-0.4, -0.2) is 4.98 Å². The van der Waals surface area contributed by atoms with E-state index < -0.39 is 0 Å². The van der Waals surface area contributed by atoms with Crippen LogP contribution in [0.5, 0.6) is 0 Å². The molecule has 1 aromatic heterocycles. The summed E-state index contributed by atoms with van der Waals surface area (Å²) in [7, 11) is 0. The van der Waals surface area contributed by atoms with Gasteiger partial charge in [0, 0.05) is 16.8 Å². The number of hydrogen-bond acceptors (Lipinski definition) is 4. The molecule has 0 saturated heterocycles. The molecule has 1 heterocycles. The van der Waals surface area contributed by atoms with Crippen molar-refractivity contribution in [2.45, 2.75) is 13.0 Å². The van der Waals surface area contributed by atoms with E-state index in [1.807, 2.05) is 37.3 Å². The van der Waals surface area contributed by atoms with Gasteiger partial charge in [-0.1, -0.05) is 23.7 Å². The van der Waals surface area contributed by atoms with E-state index in [-0.39, 0.29) is 6.04 Å². The molecule has 0 fully saturated rings. The molecule has 102 valence electrons. The van der Waals surface area contributed by atoms with Crippen LogP contribution in [0.2, 0.25) is 5.02 Å². The quantitative estimate of drug-likeness (QED) is 0.707. The first kappa shape index (κ1) is 12.8. The van der Waals surface area contributed by atoms with E-state index in [0.717, 1.165) is 16.1 Å². The van der Waals surface area contributed by atoms with Crippen molar-refractivity contribution in [3.05, 3.63) is 53.1 Å². The van der Waals surface area contributed by atoms with Crippen molar-refractivity contribution in [1.29, 1.82) is 0 Å². The summed E-state index contributed by atoms with van der Waals surface area (Å²) in [6, 6.07) is 13.6. The fraction of sp³-hybridized carbons (Fsp3) is 0.133. The number of rotatable bonds is 3. The Kier molecular flexibility index (Phi) is 3.24. The second-order valence-corrected chi connectivity index (χ2v) is 5.10. The number of halogens is 1. The zero-order valence-corrected chi connectivity index (χ0v) is 11.7. The SMILES string of the molecule is CC(Nc1nc2ccc(N)cc2o1)c1ccc(Cl)cc1. The minimum Gasteiger partial charge on any atom is -0.423 e. The Balaban J connectivity index is 1.83. The molecule has 2 aromatic carbocycles. The van der Waals surface area contributed by atoms with Gasteiger partial charge in [-0.15, -0.1) is 0 Å². The van der Waals surface area contributed by atoms with Gasteiger partial charge in [0.05, 0.1) is 6.04 Å². The number of oxazole rings is 1. The molecule has 0 aliphatic rings. The predicted molar refractivity (Wildman–Crippen MR) is 81.9 cm³/mol. The number of nitrogen functional groups attached to an aromatic ring is 1. The van der Waals surface area contributed by atoms with Gasteiger partial charge in [0.2, 0.25) is 0 Å². The lowest BCUT2D eigenvalue weighted by atomic mass is 10.1. The molecule has 0 spiro atoms. The van der Waals surface area contributed by atoms with Crippen LogP contribution in [0.3, 0.4) is 0 Å². The first-order chi connectivity index (χ1) is 9.61. The summed E-state index contributed by atoms with van der Waals surface area (Å²) in [6.07, 6.45) is 0. The van der Waals surface area contributed by atoms with Crippen LogP contribution in [0.15, 0.2) is 46.9 Å². The van der Waals surface area contributed by atoms with Gasteiger partial charge in [-0.05, 0) is 36.8 Å². The third kappa shape index (κ3) is 2.56. The lowest BCUT2D eigenvalue weighted by Gasteiger charge is -2.12. The standard InChI is InChI=1S/C15H14ClN3O/c1-9(10-2-4-11(16)5-3-10)18-15-19-13-7-6-12(17)8-14(13)20-15/h2-9H,17H2,1H3,(H,18,19). The molecular formula is C15H14ClN3O. The second-order valence-electron chi connectivity index (χ2n) is 4.66. The highest BCUT2D eigenvalue weighted by molar-refractivity contribution is 6.30. The number of anilines is 2. The van der Waals surface area contributed by atoms with Crippen LogP contribution < -0.4 is 11.1 Å². The van der Waals surface area contributed by atoms with Gasteiger partial charge < -0.3 is 15.5 Å². The Morgan fingerprint density at radius 2 is 1.95 bits per heavy atom. The number of nitrogens with zero attached hydrogens (tertiary/aromatic N) is 1. The van der Waals surface area contributed by atoms with Crippen LogP contribution in [0.1, 0.15) is 18.5 Å². The summed E-state index contributed by atoms with van der Waals surface area (Å²) in [4.78, 5) is 4.38. The zero-order valence-electron chi connectivity index (χ0n) is 10.9. The lowest BCUT2D eigenvalue weighted by molar-refractivity contribution is 0.604. The van der Waals surface area contributed by atoms with E-state index in [4.69, 9.17) is 21.8 Å². The molecule has 20 heavy (non-hydrogen) atoms. The van der Waals surface area contributed by atoms with Crippen molar-refractivity contribution in [2.75, 3.05) is 11.1 Å².